The monoisotopic (exact) mass is 436 g/mol. The van der Waals surface area contributed by atoms with Crippen molar-refractivity contribution in [2.75, 3.05) is 10.5 Å². The van der Waals surface area contributed by atoms with Gasteiger partial charge < -0.3 is 5.73 Å². The molecule has 2 rings (SSSR count). The van der Waals surface area contributed by atoms with Gasteiger partial charge in [0.1, 0.15) is 4.90 Å². The SMILES string of the molecule is Cc1ccc(NS(=O)(=O)c2cc(N)cc(Br)c2F)cc1Br. The molecule has 4 nitrogen and oxygen atoms in total. The summed E-state index contributed by atoms with van der Waals surface area (Å²) in [6.45, 7) is 1.87. The first-order chi connectivity index (χ1) is 9.70. The summed E-state index contributed by atoms with van der Waals surface area (Å²) in [5, 5.41) is 0. The van der Waals surface area contributed by atoms with Gasteiger partial charge in [0.2, 0.25) is 0 Å². The number of nitrogens with one attached hydrogen (secondary N) is 1. The molecule has 2 aromatic rings. The van der Waals surface area contributed by atoms with Crippen LogP contribution in [0.25, 0.3) is 0 Å². The van der Waals surface area contributed by atoms with Gasteiger partial charge >= 0.3 is 0 Å². The van der Waals surface area contributed by atoms with Crippen LogP contribution in [-0.4, -0.2) is 8.42 Å². The zero-order chi connectivity index (χ0) is 15.8. The van der Waals surface area contributed by atoms with Crippen LogP contribution in [0.3, 0.4) is 0 Å². The number of aryl methyl sites for hydroxylation is 1. The molecule has 0 aromatic heterocycles. The Morgan fingerprint density at radius 3 is 2.43 bits per heavy atom. The van der Waals surface area contributed by atoms with E-state index < -0.39 is 20.7 Å². The van der Waals surface area contributed by atoms with Gasteiger partial charge in [-0.3, -0.25) is 4.72 Å². The fourth-order valence-electron chi connectivity index (χ4n) is 1.65. The summed E-state index contributed by atoms with van der Waals surface area (Å²) in [5.74, 6) is -0.886. The van der Waals surface area contributed by atoms with Gasteiger partial charge in [-0.2, -0.15) is 0 Å². The summed E-state index contributed by atoms with van der Waals surface area (Å²) in [6.07, 6.45) is 0. The Morgan fingerprint density at radius 1 is 1.14 bits per heavy atom. The zero-order valence-electron chi connectivity index (χ0n) is 10.8. The first-order valence-electron chi connectivity index (χ1n) is 5.74. The Hall–Kier alpha value is -1.12. The lowest BCUT2D eigenvalue weighted by Crippen LogP contribution is -2.15. The molecule has 0 radical (unpaired) electrons. The lowest BCUT2D eigenvalue weighted by Gasteiger charge is -2.11. The van der Waals surface area contributed by atoms with Crippen molar-refractivity contribution in [3.8, 4) is 0 Å². The fourth-order valence-corrected chi connectivity index (χ4v) is 3.82. The molecule has 3 N–H and O–H groups in total. The second-order valence-corrected chi connectivity index (χ2v) is 7.74. The molecule has 8 heteroatoms. The summed E-state index contributed by atoms with van der Waals surface area (Å²) in [5.41, 5.74) is 6.99. The summed E-state index contributed by atoms with van der Waals surface area (Å²) < 4.78 is 41.6. The molecule has 0 aliphatic rings. The van der Waals surface area contributed by atoms with E-state index in [0.717, 1.165) is 16.1 Å². The van der Waals surface area contributed by atoms with Gasteiger partial charge in [0.05, 0.1) is 4.47 Å². The molecule has 0 bridgehead atoms. The number of halogens is 3. The highest BCUT2D eigenvalue weighted by Gasteiger charge is 2.22. The van der Waals surface area contributed by atoms with Gasteiger partial charge in [-0.15, -0.1) is 0 Å². The fraction of sp³-hybridized carbons (Fsp3) is 0.0769. The van der Waals surface area contributed by atoms with Crippen LogP contribution in [0.15, 0.2) is 44.2 Å². The molecular formula is C13H11Br2FN2O2S. The van der Waals surface area contributed by atoms with E-state index >= 15 is 0 Å². The molecule has 112 valence electrons. The molecule has 0 unspecified atom stereocenters. The Bertz CT molecular complexity index is 810. The average molecular weight is 438 g/mol. The second kappa shape index (κ2) is 5.94. The summed E-state index contributed by atoms with van der Waals surface area (Å²) in [6, 6.07) is 7.32. The van der Waals surface area contributed by atoms with Crippen LogP contribution in [0.1, 0.15) is 5.56 Å². The largest absolute Gasteiger partial charge is 0.399 e. The summed E-state index contributed by atoms with van der Waals surface area (Å²) in [4.78, 5) is -0.508. The molecule has 0 heterocycles. The number of sulfonamides is 1. The zero-order valence-corrected chi connectivity index (χ0v) is 14.8. The van der Waals surface area contributed by atoms with Crippen LogP contribution in [0, 0.1) is 12.7 Å². The molecule has 0 saturated carbocycles. The maximum atomic E-state index is 14.0. The molecule has 0 spiro atoms. The first kappa shape index (κ1) is 16.3. The minimum atomic E-state index is -4.07. The predicted octanol–water partition coefficient (Wildman–Crippen LogP) is 4.04. The van der Waals surface area contributed by atoms with Gasteiger partial charge in [0.15, 0.2) is 5.82 Å². The lowest BCUT2D eigenvalue weighted by molar-refractivity contribution is 0.567. The van der Waals surface area contributed by atoms with Crippen molar-refractivity contribution in [3.05, 3.63) is 50.7 Å². The van der Waals surface area contributed by atoms with Crippen LogP contribution < -0.4 is 10.5 Å². The van der Waals surface area contributed by atoms with Gasteiger partial charge in [0, 0.05) is 15.8 Å². The average Bonchev–Trinajstić information content (AvgIpc) is 2.37. The van der Waals surface area contributed by atoms with Crippen LogP contribution in [-0.2, 0) is 10.0 Å². The van der Waals surface area contributed by atoms with Gasteiger partial charge in [-0.1, -0.05) is 22.0 Å². The van der Waals surface area contributed by atoms with Crippen molar-refractivity contribution < 1.29 is 12.8 Å². The van der Waals surface area contributed by atoms with E-state index in [9.17, 15) is 12.8 Å². The number of anilines is 2. The highest BCUT2D eigenvalue weighted by molar-refractivity contribution is 9.10. The Labute approximate surface area is 138 Å². The standard InChI is InChI=1S/C13H11Br2FN2O2S/c1-7-2-3-9(6-10(7)14)18-21(19,20)12-5-8(17)4-11(15)13(12)16/h2-6,18H,17H2,1H3. The van der Waals surface area contributed by atoms with E-state index in [-0.39, 0.29) is 10.2 Å². The van der Waals surface area contributed by atoms with Crippen molar-refractivity contribution in [1.82, 2.24) is 0 Å². The minimum Gasteiger partial charge on any atom is -0.399 e. The number of hydrogen-bond acceptors (Lipinski definition) is 3. The predicted molar refractivity (Wildman–Crippen MR) is 88.2 cm³/mol. The molecule has 2 aromatic carbocycles. The first-order valence-corrected chi connectivity index (χ1v) is 8.81. The third kappa shape index (κ3) is 3.56. The van der Waals surface area contributed by atoms with E-state index in [2.05, 4.69) is 36.6 Å². The normalized spacial score (nSPS) is 11.4. The number of benzene rings is 2. The molecule has 0 aliphatic heterocycles. The number of hydrogen-bond donors (Lipinski definition) is 2. The molecule has 0 aliphatic carbocycles. The molecule has 0 amide bonds. The molecule has 0 fully saturated rings. The van der Waals surface area contributed by atoms with Crippen LogP contribution >= 0.6 is 31.9 Å². The molecular weight excluding hydrogens is 427 g/mol. The third-order valence-corrected chi connectivity index (χ3v) is 5.54. The molecule has 21 heavy (non-hydrogen) atoms. The number of nitrogen functional groups attached to an aromatic ring is 1. The minimum absolute atomic E-state index is 0.00652. The van der Waals surface area contributed by atoms with Crippen molar-refractivity contribution in [1.29, 1.82) is 0 Å². The highest BCUT2D eigenvalue weighted by atomic mass is 79.9. The van der Waals surface area contributed by atoms with E-state index in [1.165, 1.54) is 6.07 Å². The summed E-state index contributed by atoms with van der Waals surface area (Å²) in [7, 11) is -4.07. The maximum Gasteiger partial charge on any atom is 0.264 e. The van der Waals surface area contributed by atoms with E-state index in [4.69, 9.17) is 5.73 Å². The molecule has 0 atom stereocenters. The third-order valence-electron chi connectivity index (χ3n) is 2.73. The molecule has 0 saturated heterocycles. The van der Waals surface area contributed by atoms with Crippen LogP contribution in [0.2, 0.25) is 0 Å². The lowest BCUT2D eigenvalue weighted by atomic mass is 10.2. The smallest absolute Gasteiger partial charge is 0.264 e. The number of rotatable bonds is 3. The summed E-state index contributed by atoms with van der Waals surface area (Å²) >= 11 is 6.25. The van der Waals surface area contributed by atoms with E-state index in [1.807, 2.05) is 6.92 Å². The van der Waals surface area contributed by atoms with Crippen LogP contribution in [0.5, 0.6) is 0 Å². The Morgan fingerprint density at radius 2 is 1.81 bits per heavy atom. The van der Waals surface area contributed by atoms with E-state index in [1.54, 1.807) is 18.2 Å². The van der Waals surface area contributed by atoms with Gasteiger partial charge in [-0.05, 0) is 52.7 Å². The van der Waals surface area contributed by atoms with E-state index in [0.29, 0.717) is 5.69 Å². The Kier molecular flexibility index (Phi) is 4.60. The van der Waals surface area contributed by atoms with Crippen LogP contribution in [0.4, 0.5) is 15.8 Å². The van der Waals surface area contributed by atoms with Crippen molar-refractivity contribution in [3.63, 3.8) is 0 Å². The number of nitrogens with two attached hydrogens (primary N) is 1. The quantitative estimate of drug-likeness (QED) is 0.711. The van der Waals surface area contributed by atoms with Gasteiger partial charge in [-0.25, -0.2) is 12.8 Å². The topological polar surface area (TPSA) is 72.2 Å². The second-order valence-electron chi connectivity index (χ2n) is 4.38. The van der Waals surface area contributed by atoms with Crippen molar-refractivity contribution in [2.45, 2.75) is 11.8 Å². The van der Waals surface area contributed by atoms with Crippen molar-refractivity contribution >= 4 is 53.3 Å². The Balaban J connectivity index is 2.45. The van der Waals surface area contributed by atoms with Gasteiger partial charge in [0.25, 0.3) is 10.0 Å². The maximum absolute atomic E-state index is 14.0. The highest BCUT2D eigenvalue weighted by Crippen LogP contribution is 2.28. The van der Waals surface area contributed by atoms with Crippen molar-refractivity contribution in [2.24, 2.45) is 0 Å².